The summed E-state index contributed by atoms with van der Waals surface area (Å²) in [5.41, 5.74) is 3.55. The quantitative estimate of drug-likeness (QED) is 0.438. The molecule has 0 N–H and O–H groups in total. The lowest BCUT2D eigenvalue weighted by Crippen LogP contribution is -2.47. The summed E-state index contributed by atoms with van der Waals surface area (Å²) in [5, 5.41) is 3.51. The average Bonchev–Trinajstić information content (AvgIpc) is 3.54. The van der Waals surface area contributed by atoms with Crippen molar-refractivity contribution in [2.24, 2.45) is 0 Å². The molecule has 0 saturated carbocycles. The molecule has 0 aliphatic carbocycles. The lowest BCUT2D eigenvalue weighted by molar-refractivity contribution is 0.0704. The third-order valence-electron chi connectivity index (χ3n) is 7.61. The number of rotatable bonds is 5. The summed E-state index contributed by atoms with van der Waals surface area (Å²) in [6.45, 7) is 7.34. The maximum Gasteiger partial charge on any atom is 0.409 e. The number of piperidine rings is 1. The highest BCUT2D eigenvalue weighted by Gasteiger charge is 2.31. The molecule has 1 atom stereocenters. The van der Waals surface area contributed by atoms with Gasteiger partial charge in [0.15, 0.2) is 11.5 Å². The van der Waals surface area contributed by atoms with Crippen molar-refractivity contribution < 1.29 is 23.7 Å². The fourth-order valence-corrected chi connectivity index (χ4v) is 6.64. The van der Waals surface area contributed by atoms with E-state index >= 15 is 0 Å². The van der Waals surface area contributed by atoms with E-state index < -0.39 is 0 Å². The van der Waals surface area contributed by atoms with Crippen molar-refractivity contribution in [2.75, 3.05) is 46.1 Å². The maximum absolute atomic E-state index is 12.2. The normalized spacial score (nSPS) is 20.9. The molecule has 37 heavy (non-hydrogen) atoms. The second-order valence-corrected chi connectivity index (χ2v) is 10.9. The van der Waals surface area contributed by atoms with Crippen LogP contribution in [0.3, 0.4) is 0 Å². The van der Waals surface area contributed by atoms with Crippen molar-refractivity contribution in [1.82, 2.24) is 9.80 Å². The van der Waals surface area contributed by atoms with Crippen LogP contribution in [0.5, 0.6) is 11.5 Å². The fourth-order valence-electron chi connectivity index (χ4n) is 5.67. The zero-order valence-corrected chi connectivity index (χ0v) is 22.1. The number of carbonyl (C=O) groups excluding carboxylic acids is 1. The zero-order chi connectivity index (χ0) is 25.2. The summed E-state index contributed by atoms with van der Waals surface area (Å²) < 4.78 is 24.9. The molecule has 6 rings (SSSR count). The molecule has 7 nitrogen and oxygen atoms in total. The number of hydrogen-bond donors (Lipinski definition) is 0. The van der Waals surface area contributed by atoms with Crippen LogP contribution in [0.1, 0.15) is 31.7 Å². The highest BCUT2D eigenvalue weighted by atomic mass is 32.1. The van der Waals surface area contributed by atoms with Gasteiger partial charge in [0.25, 0.3) is 0 Å². The summed E-state index contributed by atoms with van der Waals surface area (Å²) in [7, 11) is 0. The number of carbonyl (C=O) groups is 1. The van der Waals surface area contributed by atoms with Crippen LogP contribution < -0.4 is 9.47 Å². The van der Waals surface area contributed by atoms with E-state index in [2.05, 4.69) is 46.7 Å². The highest BCUT2D eigenvalue weighted by Crippen LogP contribution is 2.43. The molecule has 3 aromatic rings. The summed E-state index contributed by atoms with van der Waals surface area (Å²) in [4.78, 5) is 16.5. The van der Waals surface area contributed by atoms with Crippen LogP contribution in [-0.2, 0) is 16.0 Å². The number of likely N-dealkylation sites (tertiary alicyclic amines) is 1. The van der Waals surface area contributed by atoms with Gasteiger partial charge in [-0.2, -0.15) is 0 Å². The van der Waals surface area contributed by atoms with Gasteiger partial charge in [0.05, 0.1) is 19.8 Å². The molecule has 2 saturated heterocycles. The van der Waals surface area contributed by atoms with Gasteiger partial charge in [0.1, 0.15) is 12.7 Å². The van der Waals surface area contributed by atoms with E-state index in [1.165, 1.54) is 15.6 Å². The molecular weight excluding hydrogens is 488 g/mol. The molecule has 0 radical (unpaired) electrons. The van der Waals surface area contributed by atoms with E-state index in [9.17, 15) is 4.79 Å². The van der Waals surface area contributed by atoms with E-state index in [-0.39, 0.29) is 12.2 Å². The smallest absolute Gasteiger partial charge is 0.409 e. The van der Waals surface area contributed by atoms with Crippen molar-refractivity contribution in [2.45, 2.75) is 44.9 Å². The Morgan fingerprint density at radius 1 is 1.11 bits per heavy atom. The number of nitrogens with zero attached hydrogens (tertiary/aromatic N) is 2. The average molecular weight is 523 g/mol. The molecule has 196 valence electrons. The second kappa shape index (κ2) is 10.9. The molecule has 2 fully saturated rings. The topological polar surface area (TPSA) is 60.5 Å². The predicted molar refractivity (Wildman–Crippen MR) is 145 cm³/mol. The molecule has 0 spiro atoms. The van der Waals surface area contributed by atoms with Gasteiger partial charge in [-0.25, -0.2) is 4.79 Å². The molecule has 4 heterocycles. The van der Waals surface area contributed by atoms with Gasteiger partial charge in [-0.05, 0) is 48.9 Å². The lowest BCUT2D eigenvalue weighted by atomic mass is 9.99. The van der Waals surface area contributed by atoms with Crippen LogP contribution in [0.15, 0.2) is 41.8 Å². The molecule has 1 amide bonds. The van der Waals surface area contributed by atoms with Crippen molar-refractivity contribution in [3.63, 3.8) is 0 Å². The Labute approximate surface area is 221 Å². The fraction of sp³-hybridized carbons (Fsp3) is 0.483. The molecule has 0 bridgehead atoms. The van der Waals surface area contributed by atoms with Gasteiger partial charge < -0.3 is 23.8 Å². The van der Waals surface area contributed by atoms with Crippen LogP contribution in [0, 0.1) is 0 Å². The Bertz CT molecular complexity index is 1250. The first-order chi connectivity index (χ1) is 18.2. The minimum Gasteiger partial charge on any atom is -0.488 e. The van der Waals surface area contributed by atoms with Crippen LogP contribution in [0.2, 0.25) is 0 Å². The number of hydrogen-bond acceptors (Lipinski definition) is 7. The summed E-state index contributed by atoms with van der Waals surface area (Å²) in [5.74, 6) is 1.68. The van der Waals surface area contributed by atoms with Crippen LogP contribution in [0.4, 0.5) is 4.79 Å². The number of amides is 1. The van der Waals surface area contributed by atoms with Crippen molar-refractivity contribution in [1.29, 1.82) is 0 Å². The zero-order valence-electron chi connectivity index (χ0n) is 21.3. The van der Waals surface area contributed by atoms with Gasteiger partial charge in [-0.1, -0.05) is 18.2 Å². The van der Waals surface area contributed by atoms with Crippen molar-refractivity contribution in [3.05, 3.63) is 47.3 Å². The minimum atomic E-state index is -0.198. The number of benzene rings is 2. The molecular formula is C29H34N2O5S. The summed E-state index contributed by atoms with van der Waals surface area (Å²) in [6, 6.07) is 13.4. The van der Waals surface area contributed by atoms with Gasteiger partial charge in [0.2, 0.25) is 0 Å². The van der Waals surface area contributed by atoms with E-state index in [4.69, 9.17) is 18.9 Å². The molecule has 3 aliphatic heterocycles. The third kappa shape index (κ3) is 5.15. The molecule has 2 aromatic carbocycles. The maximum atomic E-state index is 12.2. The van der Waals surface area contributed by atoms with E-state index in [0.29, 0.717) is 25.9 Å². The molecule has 1 aromatic heterocycles. The Morgan fingerprint density at radius 2 is 1.97 bits per heavy atom. The van der Waals surface area contributed by atoms with Crippen LogP contribution in [0.25, 0.3) is 21.2 Å². The SMILES string of the molecule is CCOC(=O)N1CCC(N2CCOc3c(cc(-c4csc5ccccc45)cc3O[C@@H]3CCOC3)C2)CC1. The van der Waals surface area contributed by atoms with Crippen molar-refractivity contribution >= 4 is 27.5 Å². The molecule has 3 aliphatic rings. The first-order valence-corrected chi connectivity index (χ1v) is 14.2. The van der Waals surface area contributed by atoms with E-state index in [1.807, 2.05) is 11.8 Å². The number of thiophene rings is 1. The van der Waals surface area contributed by atoms with E-state index in [1.54, 1.807) is 11.3 Å². The van der Waals surface area contributed by atoms with Gasteiger partial charge in [0, 0.05) is 59.9 Å². The third-order valence-corrected chi connectivity index (χ3v) is 8.57. The van der Waals surface area contributed by atoms with Gasteiger partial charge in [-0.3, -0.25) is 4.90 Å². The highest BCUT2D eigenvalue weighted by molar-refractivity contribution is 7.17. The standard InChI is InChI=1S/C29H34N2O5S/c1-2-34-29(32)30-10-7-22(8-11-30)31-12-14-35-28-21(17-31)15-20(16-26(28)36-23-9-13-33-18-23)25-19-37-27-6-4-3-5-24(25)27/h3-6,15-16,19,22-23H,2,7-14,17-18H2,1H3/t23-/m1/s1. The minimum absolute atomic E-state index is 0.0497. The Morgan fingerprint density at radius 3 is 2.78 bits per heavy atom. The second-order valence-electron chi connectivity index (χ2n) is 9.95. The summed E-state index contributed by atoms with van der Waals surface area (Å²) >= 11 is 1.77. The first-order valence-electron chi connectivity index (χ1n) is 13.4. The monoisotopic (exact) mass is 522 g/mol. The Kier molecular flexibility index (Phi) is 7.22. The Balaban J connectivity index is 1.29. The molecule has 0 unspecified atom stereocenters. The number of fused-ring (bicyclic) bond motifs is 2. The van der Waals surface area contributed by atoms with Crippen LogP contribution >= 0.6 is 11.3 Å². The summed E-state index contributed by atoms with van der Waals surface area (Å²) in [6.07, 6.45) is 2.62. The number of ether oxygens (including phenoxy) is 4. The largest absolute Gasteiger partial charge is 0.488 e. The van der Waals surface area contributed by atoms with Gasteiger partial charge >= 0.3 is 6.09 Å². The first kappa shape index (κ1) is 24.5. The Hall–Kier alpha value is -2.81. The molecule has 8 heteroatoms. The van der Waals surface area contributed by atoms with Crippen LogP contribution in [-0.4, -0.2) is 74.1 Å². The van der Waals surface area contributed by atoms with Crippen molar-refractivity contribution in [3.8, 4) is 22.6 Å². The van der Waals surface area contributed by atoms with E-state index in [0.717, 1.165) is 74.7 Å². The van der Waals surface area contributed by atoms with Gasteiger partial charge in [-0.15, -0.1) is 11.3 Å². The lowest BCUT2D eigenvalue weighted by Gasteiger charge is -2.37. The predicted octanol–water partition coefficient (Wildman–Crippen LogP) is 5.55.